The quantitative estimate of drug-likeness (QED) is 0.768. The summed E-state index contributed by atoms with van der Waals surface area (Å²) >= 11 is 0. The van der Waals surface area contributed by atoms with Crippen molar-refractivity contribution in [3.63, 3.8) is 0 Å². The summed E-state index contributed by atoms with van der Waals surface area (Å²) in [4.78, 5) is 24.1. The number of aromatic nitrogens is 2. The van der Waals surface area contributed by atoms with Crippen LogP contribution in [0.15, 0.2) is 20.7 Å². The molecule has 1 unspecified atom stereocenters. The minimum atomic E-state index is -4.18. The molecule has 0 spiro atoms. The summed E-state index contributed by atoms with van der Waals surface area (Å²) < 4.78 is 28.7. The number of halogens is 1. The third-order valence-corrected chi connectivity index (χ3v) is 3.98. The van der Waals surface area contributed by atoms with Crippen LogP contribution in [-0.4, -0.2) is 30.7 Å². The van der Waals surface area contributed by atoms with Crippen molar-refractivity contribution in [2.75, 3.05) is 6.61 Å². The van der Waals surface area contributed by atoms with E-state index in [-0.39, 0.29) is 12.6 Å². The molecule has 1 aliphatic rings. The van der Waals surface area contributed by atoms with Crippen LogP contribution in [0.25, 0.3) is 0 Å². The first-order chi connectivity index (χ1) is 8.38. The van der Waals surface area contributed by atoms with E-state index in [9.17, 15) is 18.0 Å². The van der Waals surface area contributed by atoms with Gasteiger partial charge in [-0.05, 0) is 12.8 Å². The SMILES string of the molecule is O=c1[nH]c(=O)n(CC2CCCO2)cc1S(=O)(=O)Cl. The van der Waals surface area contributed by atoms with Gasteiger partial charge in [-0.1, -0.05) is 0 Å². The molecule has 0 aromatic carbocycles. The van der Waals surface area contributed by atoms with E-state index in [0.29, 0.717) is 6.61 Å². The highest BCUT2D eigenvalue weighted by molar-refractivity contribution is 8.13. The zero-order valence-corrected chi connectivity index (χ0v) is 10.8. The normalized spacial score (nSPS) is 20.2. The van der Waals surface area contributed by atoms with Crippen LogP contribution in [0.1, 0.15) is 12.8 Å². The standard InChI is InChI=1S/C9H11ClN2O5S/c10-18(15,16)7-5-12(9(14)11-8(7)13)4-6-2-1-3-17-6/h5-6H,1-4H2,(H,11,13,14). The molecule has 1 atom stereocenters. The number of nitrogens with one attached hydrogen (secondary N) is 1. The highest BCUT2D eigenvalue weighted by Crippen LogP contribution is 2.14. The molecule has 100 valence electrons. The van der Waals surface area contributed by atoms with Crippen molar-refractivity contribution >= 4 is 19.7 Å². The second kappa shape index (κ2) is 4.87. The second-order valence-corrected chi connectivity index (χ2v) is 6.51. The largest absolute Gasteiger partial charge is 0.376 e. The van der Waals surface area contributed by atoms with E-state index in [1.54, 1.807) is 0 Å². The number of nitrogens with zero attached hydrogens (tertiary/aromatic N) is 1. The van der Waals surface area contributed by atoms with Gasteiger partial charge in [0.15, 0.2) is 4.90 Å². The van der Waals surface area contributed by atoms with Crippen LogP contribution >= 0.6 is 10.7 Å². The molecule has 0 aliphatic carbocycles. The minimum Gasteiger partial charge on any atom is -0.376 e. The van der Waals surface area contributed by atoms with Crippen LogP contribution in [0.5, 0.6) is 0 Å². The van der Waals surface area contributed by atoms with Crippen LogP contribution in [0.3, 0.4) is 0 Å². The lowest BCUT2D eigenvalue weighted by Crippen LogP contribution is -2.34. The molecule has 2 rings (SSSR count). The Balaban J connectivity index is 2.41. The van der Waals surface area contributed by atoms with E-state index in [1.165, 1.54) is 0 Å². The van der Waals surface area contributed by atoms with Gasteiger partial charge in [-0.15, -0.1) is 0 Å². The van der Waals surface area contributed by atoms with Gasteiger partial charge < -0.3 is 4.74 Å². The van der Waals surface area contributed by atoms with E-state index in [1.807, 2.05) is 4.98 Å². The number of ether oxygens (including phenoxy) is 1. The fourth-order valence-corrected chi connectivity index (χ4v) is 2.66. The second-order valence-electron chi connectivity index (χ2n) is 3.98. The van der Waals surface area contributed by atoms with Crippen molar-refractivity contribution in [3.8, 4) is 0 Å². The van der Waals surface area contributed by atoms with Crippen molar-refractivity contribution in [2.45, 2.75) is 30.4 Å². The van der Waals surface area contributed by atoms with Gasteiger partial charge in [0.1, 0.15) is 0 Å². The highest BCUT2D eigenvalue weighted by Gasteiger charge is 2.20. The lowest BCUT2D eigenvalue weighted by atomic mass is 10.2. The average Bonchev–Trinajstić information content (AvgIpc) is 2.72. The summed E-state index contributed by atoms with van der Waals surface area (Å²) in [5.74, 6) is 0. The predicted octanol–water partition coefficient (Wildman–Crippen LogP) is -0.357. The van der Waals surface area contributed by atoms with Gasteiger partial charge in [0.05, 0.1) is 12.6 Å². The smallest absolute Gasteiger partial charge is 0.328 e. The Bertz CT molecular complexity index is 656. The summed E-state index contributed by atoms with van der Waals surface area (Å²) in [6.45, 7) is 0.804. The fraction of sp³-hybridized carbons (Fsp3) is 0.556. The Kier molecular flexibility index (Phi) is 3.60. The first kappa shape index (κ1) is 13.3. The summed E-state index contributed by atoms with van der Waals surface area (Å²) in [6.07, 6.45) is 2.47. The van der Waals surface area contributed by atoms with E-state index in [2.05, 4.69) is 0 Å². The maximum Gasteiger partial charge on any atom is 0.328 e. The first-order valence-electron chi connectivity index (χ1n) is 5.28. The number of hydrogen-bond acceptors (Lipinski definition) is 5. The molecule has 1 fully saturated rings. The average molecular weight is 295 g/mol. The lowest BCUT2D eigenvalue weighted by molar-refractivity contribution is 0.0955. The first-order valence-corrected chi connectivity index (χ1v) is 7.59. The Morgan fingerprint density at radius 2 is 2.22 bits per heavy atom. The van der Waals surface area contributed by atoms with Gasteiger partial charge in [0, 0.05) is 23.5 Å². The van der Waals surface area contributed by atoms with Gasteiger partial charge in [0.2, 0.25) is 0 Å². The maximum absolute atomic E-state index is 11.5. The molecule has 9 heteroatoms. The molecule has 0 bridgehead atoms. The molecule has 1 aliphatic heterocycles. The lowest BCUT2D eigenvalue weighted by Gasteiger charge is -2.11. The van der Waals surface area contributed by atoms with Gasteiger partial charge >= 0.3 is 5.69 Å². The summed E-state index contributed by atoms with van der Waals surface area (Å²) in [5, 5.41) is 0. The molecule has 1 saturated heterocycles. The van der Waals surface area contributed by atoms with Gasteiger partial charge in [-0.3, -0.25) is 14.3 Å². The predicted molar refractivity (Wildman–Crippen MR) is 63.3 cm³/mol. The molecule has 7 nitrogen and oxygen atoms in total. The molecule has 0 amide bonds. The zero-order valence-electron chi connectivity index (χ0n) is 9.26. The number of H-pyrrole nitrogens is 1. The van der Waals surface area contributed by atoms with Crippen molar-refractivity contribution in [1.82, 2.24) is 9.55 Å². The molecule has 0 saturated carbocycles. The Labute approximate surface area is 107 Å². The van der Waals surface area contributed by atoms with E-state index in [0.717, 1.165) is 23.6 Å². The van der Waals surface area contributed by atoms with E-state index < -0.39 is 25.2 Å². The van der Waals surface area contributed by atoms with Crippen molar-refractivity contribution in [3.05, 3.63) is 27.0 Å². The van der Waals surface area contributed by atoms with E-state index >= 15 is 0 Å². The third kappa shape index (κ3) is 2.82. The maximum atomic E-state index is 11.5. The Morgan fingerprint density at radius 1 is 1.50 bits per heavy atom. The molecular formula is C9H11ClN2O5S. The monoisotopic (exact) mass is 294 g/mol. The van der Waals surface area contributed by atoms with Crippen LogP contribution in [-0.2, 0) is 20.3 Å². The van der Waals surface area contributed by atoms with Gasteiger partial charge in [-0.2, -0.15) is 0 Å². The summed E-state index contributed by atoms with van der Waals surface area (Å²) in [5.41, 5.74) is -1.70. The minimum absolute atomic E-state index is 0.153. The highest BCUT2D eigenvalue weighted by atomic mass is 35.7. The number of hydrogen-bond donors (Lipinski definition) is 1. The van der Waals surface area contributed by atoms with Gasteiger partial charge in [0.25, 0.3) is 14.6 Å². The third-order valence-electron chi connectivity index (χ3n) is 2.67. The summed E-state index contributed by atoms with van der Waals surface area (Å²) in [6, 6.07) is 0. The molecule has 0 radical (unpaired) electrons. The molecule has 1 N–H and O–H groups in total. The van der Waals surface area contributed by atoms with Crippen LogP contribution in [0.4, 0.5) is 0 Å². The van der Waals surface area contributed by atoms with Crippen LogP contribution in [0.2, 0.25) is 0 Å². The van der Waals surface area contributed by atoms with Crippen molar-refractivity contribution in [1.29, 1.82) is 0 Å². The Morgan fingerprint density at radius 3 is 2.78 bits per heavy atom. The molecule has 18 heavy (non-hydrogen) atoms. The zero-order chi connectivity index (χ0) is 13.3. The topological polar surface area (TPSA) is 98.2 Å². The van der Waals surface area contributed by atoms with Crippen LogP contribution < -0.4 is 11.2 Å². The molecule has 1 aromatic rings. The van der Waals surface area contributed by atoms with Crippen LogP contribution in [0, 0.1) is 0 Å². The molecule has 1 aromatic heterocycles. The number of rotatable bonds is 3. The fourth-order valence-electron chi connectivity index (χ4n) is 1.81. The Hall–Kier alpha value is -1.12. The van der Waals surface area contributed by atoms with E-state index in [4.69, 9.17) is 15.4 Å². The van der Waals surface area contributed by atoms with Crippen molar-refractivity contribution in [2.24, 2.45) is 0 Å². The van der Waals surface area contributed by atoms with Gasteiger partial charge in [-0.25, -0.2) is 13.2 Å². The summed E-state index contributed by atoms with van der Waals surface area (Å²) in [7, 11) is 0.932. The molecule has 2 heterocycles. The molecular weight excluding hydrogens is 284 g/mol. The number of aromatic amines is 1. The van der Waals surface area contributed by atoms with Crippen molar-refractivity contribution < 1.29 is 13.2 Å².